The molecule has 2 aliphatic rings. The molecule has 36 heavy (non-hydrogen) atoms. The van der Waals surface area contributed by atoms with Crippen molar-refractivity contribution >= 4 is 50.2 Å². The first-order valence-electron chi connectivity index (χ1n) is 12.0. The van der Waals surface area contributed by atoms with Crippen LogP contribution in [-0.2, 0) is 10.0 Å². The number of hydrogen-bond acceptors (Lipinski definition) is 7. The average molecular weight is 551 g/mol. The molecule has 0 saturated carbocycles. The molecule has 2 unspecified atom stereocenters. The maximum atomic E-state index is 11.3. The Morgan fingerprint density at radius 1 is 1.19 bits per heavy atom. The third-order valence-corrected chi connectivity index (χ3v) is 8.25. The highest BCUT2D eigenvalue weighted by Gasteiger charge is 2.36. The molecule has 9 nitrogen and oxygen atoms in total. The fourth-order valence-corrected chi connectivity index (χ4v) is 6.07. The summed E-state index contributed by atoms with van der Waals surface area (Å²) in [6, 6.07) is 5.34. The molecule has 4 heterocycles. The molecule has 2 saturated heterocycles. The second kappa shape index (κ2) is 9.81. The largest absolute Gasteiger partial charge is 0.376 e. The van der Waals surface area contributed by atoms with E-state index < -0.39 is 10.0 Å². The molecule has 2 aliphatic heterocycles. The molecule has 1 aromatic carbocycles. The van der Waals surface area contributed by atoms with E-state index in [0.29, 0.717) is 21.9 Å². The van der Waals surface area contributed by atoms with Gasteiger partial charge in [-0.2, -0.15) is 5.10 Å². The number of fused-ring (bicyclic) bond motifs is 1. The van der Waals surface area contributed by atoms with Gasteiger partial charge in [-0.05, 0) is 56.2 Å². The quantitative estimate of drug-likeness (QED) is 0.495. The van der Waals surface area contributed by atoms with E-state index in [-0.39, 0.29) is 6.04 Å². The molecule has 12 heteroatoms. The lowest BCUT2D eigenvalue weighted by Crippen LogP contribution is -2.53. The molecule has 2 fully saturated rings. The summed E-state index contributed by atoms with van der Waals surface area (Å²) in [5.74, 6) is 1.85. The third kappa shape index (κ3) is 5.18. The molecular weight excluding hydrogens is 521 g/mol. The van der Waals surface area contributed by atoms with Gasteiger partial charge in [0.1, 0.15) is 11.3 Å². The molecule has 0 radical (unpaired) electrons. The number of aryl methyl sites for hydroxylation is 1. The van der Waals surface area contributed by atoms with Gasteiger partial charge in [0.15, 0.2) is 5.65 Å². The van der Waals surface area contributed by atoms with E-state index in [9.17, 15) is 8.42 Å². The highest BCUT2D eigenvalue weighted by Crippen LogP contribution is 2.35. The van der Waals surface area contributed by atoms with Crippen LogP contribution in [-0.4, -0.2) is 59.2 Å². The van der Waals surface area contributed by atoms with Crippen LogP contribution in [0.25, 0.3) is 11.2 Å². The summed E-state index contributed by atoms with van der Waals surface area (Å²) >= 11 is 12.6. The number of piperidine rings is 1. The summed E-state index contributed by atoms with van der Waals surface area (Å²) in [4.78, 5) is 13.9. The average Bonchev–Trinajstić information content (AvgIpc) is 3.12. The number of hydrogen-bond donors (Lipinski definition) is 1. The Balaban J connectivity index is 1.31. The van der Waals surface area contributed by atoms with Crippen molar-refractivity contribution in [2.24, 2.45) is 17.0 Å². The molecule has 2 N–H and O–H groups in total. The van der Waals surface area contributed by atoms with Crippen LogP contribution in [0.2, 0.25) is 10.0 Å². The monoisotopic (exact) mass is 549 g/mol. The van der Waals surface area contributed by atoms with Gasteiger partial charge in [-0.25, -0.2) is 28.2 Å². The second-order valence-electron chi connectivity index (χ2n) is 9.71. The molecule has 0 aliphatic carbocycles. The molecule has 2 atom stereocenters. The Morgan fingerprint density at radius 3 is 2.69 bits per heavy atom. The number of aromatic nitrogens is 4. The fraction of sp³-hybridized carbons (Fsp3) is 0.458. The zero-order valence-corrected chi connectivity index (χ0v) is 22.5. The van der Waals surface area contributed by atoms with Gasteiger partial charge in [0, 0.05) is 42.4 Å². The Labute approximate surface area is 220 Å². The summed E-state index contributed by atoms with van der Waals surface area (Å²) in [6.07, 6.45) is 5.59. The fourth-order valence-electron chi connectivity index (χ4n) is 5.17. The van der Waals surface area contributed by atoms with E-state index in [0.717, 1.165) is 72.7 Å². The van der Waals surface area contributed by atoms with Gasteiger partial charge in [-0.1, -0.05) is 29.3 Å². The number of rotatable bonds is 6. The number of benzene rings is 1. The molecular formula is C24H29Cl2N7O2S. The van der Waals surface area contributed by atoms with Crippen LogP contribution in [0.15, 0.2) is 36.0 Å². The smallest absolute Gasteiger partial charge is 0.232 e. The molecule has 0 amide bonds. The van der Waals surface area contributed by atoms with E-state index in [1.165, 1.54) is 0 Å². The van der Waals surface area contributed by atoms with Crippen molar-refractivity contribution in [3.63, 3.8) is 0 Å². The van der Waals surface area contributed by atoms with Crippen molar-refractivity contribution < 1.29 is 8.42 Å². The highest BCUT2D eigenvalue weighted by molar-refractivity contribution is 7.92. The lowest BCUT2D eigenvalue weighted by molar-refractivity contribution is 0.154. The van der Waals surface area contributed by atoms with Gasteiger partial charge in [-0.15, -0.1) is 0 Å². The topological polar surface area (TPSA) is 110 Å². The number of likely N-dealkylation sites (tertiary alicyclic amines) is 1. The summed E-state index contributed by atoms with van der Waals surface area (Å²) in [5.41, 5.74) is 3.23. The van der Waals surface area contributed by atoms with Crippen molar-refractivity contribution in [2.75, 3.05) is 31.1 Å². The first-order valence-corrected chi connectivity index (χ1v) is 14.3. The summed E-state index contributed by atoms with van der Waals surface area (Å²) in [7, 11) is -3.61. The molecule has 192 valence electrons. The molecule has 0 bridgehead atoms. The van der Waals surface area contributed by atoms with Crippen LogP contribution in [0.4, 0.5) is 5.82 Å². The van der Waals surface area contributed by atoms with Crippen LogP contribution < -0.4 is 10.0 Å². The number of nitrogens with two attached hydrogens (primary N) is 1. The maximum Gasteiger partial charge on any atom is 0.232 e. The van der Waals surface area contributed by atoms with Crippen LogP contribution in [0, 0.1) is 18.8 Å². The van der Waals surface area contributed by atoms with Crippen molar-refractivity contribution in [1.29, 1.82) is 0 Å². The van der Waals surface area contributed by atoms with Gasteiger partial charge < -0.3 is 9.80 Å². The lowest BCUT2D eigenvalue weighted by Gasteiger charge is -2.46. The minimum absolute atomic E-state index is 0.140. The number of anilines is 1. The second-order valence-corrected chi connectivity index (χ2v) is 12.0. The third-order valence-electron chi connectivity index (χ3n) is 7.19. The first-order chi connectivity index (χ1) is 17.1. The molecule has 2 aromatic heterocycles. The van der Waals surface area contributed by atoms with Crippen molar-refractivity contribution in [3.8, 4) is 0 Å². The van der Waals surface area contributed by atoms with Gasteiger partial charge >= 0.3 is 0 Å². The molecule has 5 rings (SSSR count). The molecule has 3 aromatic rings. The highest BCUT2D eigenvalue weighted by atomic mass is 35.5. The van der Waals surface area contributed by atoms with E-state index >= 15 is 0 Å². The van der Waals surface area contributed by atoms with Crippen LogP contribution >= 0.6 is 23.2 Å². The van der Waals surface area contributed by atoms with Crippen LogP contribution in [0.1, 0.15) is 37.1 Å². The van der Waals surface area contributed by atoms with Crippen molar-refractivity contribution in [2.45, 2.75) is 32.7 Å². The Morgan fingerprint density at radius 2 is 1.97 bits per heavy atom. The SMILES string of the molecule is Cc1nn(C(C)c2ccc(Cl)cc2Cl)c2nc(N3CC(C4CCCN(/C=C/S(N)(=O)=O)C4)C3)cnc12. The summed E-state index contributed by atoms with van der Waals surface area (Å²) < 4.78 is 24.4. The number of nitrogens with zero attached hydrogens (tertiary/aromatic N) is 6. The van der Waals surface area contributed by atoms with E-state index in [2.05, 4.69) is 14.8 Å². The summed E-state index contributed by atoms with van der Waals surface area (Å²) in [5, 5.41) is 12.1. The molecule has 0 spiro atoms. The minimum atomic E-state index is -3.61. The van der Waals surface area contributed by atoms with Gasteiger partial charge in [-0.3, -0.25) is 0 Å². The Bertz CT molecular complexity index is 1420. The Kier molecular flexibility index (Phi) is 6.88. The van der Waals surface area contributed by atoms with Crippen molar-refractivity contribution in [3.05, 3.63) is 57.3 Å². The predicted octanol–water partition coefficient (Wildman–Crippen LogP) is 3.96. The number of sulfonamides is 1. The van der Waals surface area contributed by atoms with E-state index in [1.54, 1.807) is 12.3 Å². The van der Waals surface area contributed by atoms with Crippen LogP contribution in [0.3, 0.4) is 0 Å². The number of primary sulfonamides is 1. The van der Waals surface area contributed by atoms with E-state index in [1.807, 2.05) is 36.9 Å². The zero-order chi connectivity index (χ0) is 25.6. The number of halogens is 2. The van der Waals surface area contributed by atoms with Gasteiger partial charge in [0.25, 0.3) is 0 Å². The summed E-state index contributed by atoms with van der Waals surface area (Å²) in [6.45, 7) is 7.43. The van der Waals surface area contributed by atoms with Gasteiger partial charge in [0.05, 0.1) is 23.3 Å². The zero-order valence-electron chi connectivity index (χ0n) is 20.2. The minimum Gasteiger partial charge on any atom is -0.376 e. The van der Waals surface area contributed by atoms with Crippen LogP contribution in [0.5, 0.6) is 0 Å². The Hall–Kier alpha value is -2.40. The van der Waals surface area contributed by atoms with E-state index in [4.69, 9.17) is 38.4 Å². The predicted molar refractivity (Wildman–Crippen MR) is 143 cm³/mol. The van der Waals surface area contributed by atoms with Gasteiger partial charge in [0.2, 0.25) is 10.0 Å². The van der Waals surface area contributed by atoms with Crippen molar-refractivity contribution in [1.82, 2.24) is 24.6 Å². The standard InChI is InChI=1S/C24H29Cl2N7O2S/c1-15-23-24(33(30-15)16(2)20-6-5-19(25)10-21(20)26)29-22(11-28-23)32-13-18(14-32)17-4-3-7-31(12-17)8-9-36(27,34)35/h5-6,8-11,16-18H,3-4,7,12-14H2,1-2H3,(H2,27,34,35)/b9-8+. The maximum absolute atomic E-state index is 11.3. The first kappa shape index (κ1) is 25.3. The normalized spacial score (nSPS) is 20.3. The lowest BCUT2D eigenvalue weighted by atomic mass is 9.80.